The molecule has 0 saturated carbocycles. The average molecular weight is 404 g/mol. The normalized spacial score (nSPS) is 12.5. The van der Waals surface area contributed by atoms with Crippen molar-refractivity contribution in [1.82, 2.24) is 10.0 Å². The highest BCUT2D eigenvalue weighted by Crippen LogP contribution is 2.28. The van der Waals surface area contributed by atoms with E-state index in [2.05, 4.69) is 10.0 Å². The van der Waals surface area contributed by atoms with Gasteiger partial charge in [0.25, 0.3) is 5.91 Å². The molecule has 1 aromatic heterocycles. The first-order valence-corrected chi connectivity index (χ1v) is 10.4. The molecule has 0 bridgehead atoms. The summed E-state index contributed by atoms with van der Waals surface area (Å²) < 4.78 is 41.6. The second-order valence-corrected chi connectivity index (χ2v) is 8.42. The van der Waals surface area contributed by atoms with E-state index in [1.807, 2.05) is 17.5 Å². The van der Waals surface area contributed by atoms with Crippen molar-refractivity contribution in [3.63, 3.8) is 0 Å². The minimum atomic E-state index is -3.86. The smallest absolute Gasteiger partial charge is 0.251 e. The van der Waals surface area contributed by atoms with Crippen molar-refractivity contribution < 1.29 is 17.6 Å². The number of halogens is 1. The molecular weight excluding hydrogens is 387 g/mol. The molecule has 8 heteroatoms. The molecule has 3 aromatic rings. The summed E-state index contributed by atoms with van der Waals surface area (Å²) in [7, 11) is -2.36. The molecule has 0 spiro atoms. The molecule has 0 radical (unpaired) electrons. The summed E-state index contributed by atoms with van der Waals surface area (Å²) in [4.78, 5) is 12.4. The number of carbonyl (C=O) groups excluding carboxylic acids is 1. The number of hydrogen-bond donors (Lipinski definition) is 2. The van der Waals surface area contributed by atoms with Crippen molar-refractivity contribution in [2.45, 2.75) is 10.9 Å². The molecule has 0 aliphatic rings. The molecule has 5 nitrogen and oxygen atoms in total. The van der Waals surface area contributed by atoms with Crippen LogP contribution in [0.5, 0.6) is 0 Å². The van der Waals surface area contributed by atoms with Gasteiger partial charge >= 0.3 is 0 Å². The summed E-state index contributed by atoms with van der Waals surface area (Å²) in [5, 5.41) is 4.33. The molecule has 1 atom stereocenters. The molecule has 0 aliphatic carbocycles. The summed E-state index contributed by atoms with van der Waals surface area (Å²) in [6.45, 7) is 0. The van der Waals surface area contributed by atoms with E-state index in [0.29, 0.717) is 11.1 Å². The fourth-order valence-electron chi connectivity index (χ4n) is 2.55. The Labute approximate surface area is 160 Å². The Balaban J connectivity index is 1.92. The fourth-order valence-corrected chi connectivity index (χ4v) is 4.64. The molecule has 1 amide bonds. The van der Waals surface area contributed by atoms with Gasteiger partial charge in [0.1, 0.15) is 5.82 Å². The number of thiophene rings is 1. The lowest BCUT2D eigenvalue weighted by Crippen LogP contribution is -2.29. The average Bonchev–Trinajstić information content (AvgIpc) is 3.21. The number of hydrogen-bond acceptors (Lipinski definition) is 4. The molecule has 3 rings (SSSR count). The molecule has 1 heterocycles. The molecule has 140 valence electrons. The Bertz CT molecular complexity index is 1020. The number of nitrogens with one attached hydrogen (secondary N) is 2. The summed E-state index contributed by atoms with van der Waals surface area (Å²) in [5.41, 5.74) is 0.995. The van der Waals surface area contributed by atoms with Crippen LogP contribution in [0.3, 0.4) is 0 Å². The van der Waals surface area contributed by atoms with Crippen LogP contribution in [0.2, 0.25) is 0 Å². The van der Waals surface area contributed by atoms with E-state index in [-0.39, 0.29) is 10.8 Å². The predicted octanol–water partition coefficient (Wildman–Crippen LogP) is 3.31. The van der Waals surface area contributed by atoms with Gasteiger partial charge in [0.05, 0.1) is 10.9 Å². The van der Waals surface area contributed by atoms with E-state index in [1.165, 1.54) is 54.8 Å². The number of benzene rings is 2. The van der Waals surface area contributed by atoms with Crippen LogP contribution in [0, 0.1) is 5.82 Å². The van der Waals surface area contributed by atoms with E-state index in [0.717, 1.165) is 4.88 Å². The van der Waals surface area contributed by atoms with E-state index < -0.39 is 21.9 Å². The Morgan fingerprint density at radius 2 is 1.70 bits per heavy atom. The lowest BCUT2D eigenvalue weighted by atomic mass is 10.1. The van der Waals surface area contributed by atoms with E-state index in [1.54, 1.807) is 12.1 Å². The van der Waals surface area contributed by atoms with Crippen molar-refractivity contribution in [1.29, 1.82) is 0 Å². The van der Waals surface area contributed by atoms with Gasteiger partial charge in [0.2, 0.25) is 10.0 Å². The molecule has 2 aromatic carbocycles. The number of rotatable bonds is 6. The maximum Gasteiger partial charge on any atom is 0.251 e. The molecule has 2 N–H and O–H groups in total. The summed E-state index contributed by atoms with van der Waals surface area (Å²) in [6, 6.07) is 14.3. The van der Waals surface area contributed by atoms with Gasteiger partial charge < -0.3 is 5.32 Å². The van der Waals surface area contributed by atoms with Crippen LogP contribution >= 0.6 is 11.3 Å². The van der Waals surface area contributed by atoms with Crippen molar-refractivity contribution in [2.24, 2.45) is 0 Å². The molecule has 0 aliphatic heterocycles. The first-order chi connectivity index (χ1) is 12.9. The van der Waals surface area contributed by atoms with Gasteiger partial charge in [-0.25, -0.2) is 12.8 Å². The quantitative estimate of drug-likeness (QED) is 0.662. The van der Waals surface area contributed by atoms with E-state index >= 15 is 0 Å². The summed E-state index contributed by atoms with van der Waals surface area (Å²) >= 11 is 1.40. The topological polar surface area (TPSA) is 75.3 Å². The largest absolute Gasteiger partial charge is 0.355 e. The Kier molecular flexibility index (Phi) is 5.69. The maximum atomic E-state index is 13.3. The van der Waals surface area contributed by atoms with Gasteiger partial charge in [0.15, 0.2) is 0 Å². The van der Waals surface area contributed by atoms with Crippen molar-refractivity contribution in [2.75, 3.05) is 7.05 Å². The highest BCUT2D eigenvalue weighted by molar-refractivity contribution is 7.89. The molecule has 27 heavy (non-hydrogen) atoms. The van der Waals surface area contributed by atoms with Gasteiger partial charge in [-0.15, -0.1) is 11.3 Å². The molecule has 0 fully saturated rings. The van der Waals surface area contributed by atoms with Crippen LogP contribution in [0.1, 0.15) is 26.8 Å². The van der Waals surface area contributed by atoms with Crippen LogP contribution < -0.4 is 10.0 Å². The third-order valence-corrected chi connectivity index (χ3v) is 6.33. The van der Waals surface area contributed by atoms with Crippen LogP contribution in [0.4, 0.5) is 4.39 Å². The third-order valence-electron chi connectivity index (χ3n) is 3.96. The van der Waals surface area contributed by atoms with Gasteiger partial charge in [-0.2, -0.15) is 4.72 Å². The maximum absolute atomic E-state index is 13.3. The zero-order chi connectivity index (χ0) is 19.4. The second kappa shape index (κ2) is 7.99. The Morgan fingerprint density at radius 3 is 2.26 bits per heavy atom. The van der Waals surface area contributed by atoms with E-state index in [9.17, 15) is 17.6 Å². The Hall–Kier alpha value is -2.55. The standard InChI is InChI=1S/C19H17FN2O3S2/c1-21-19(23)14-6-10-16(11-7-14)27(24,25)22-18(17-3-2-12-26-17)13-4-8-15(20)9-5-13/h2-12,18,22H,1H3,(H,21,23)/t18-/m1/s1. The predicted molar refractivity (Wildman–Crippen MR) is 103 cm³/mol. The van der Waals surface area contributed by atoms with Crippen molar-refractivity contribution in [3.8, 4) is 0 Å². The molecule has 0 saturated heterocycles. The minimum absolute atomic E-state index is 0.0406. The van der Waals surface area contributed by atoms with Gasteiger partial charge in [-0.05, 0) is 53.4 Å². The second-order valence-electron chi connectivity index (χ2n) is 5.72. The zero-order valence-corrected chi connectivity index (χ0v) is 16.0. The van der Waals surface area contributed by atoms with Gasteiger partial charge in [-0.3, -0.25) is 4.79 Å². The van der Waals surface area contributed by atoms with Gasteiger partial charge in [0, 0.05) is 17.5 Å². The van der Waals surface area contributed by atoms with Crippen molar-refractivity contribution in [3.05, 3.63) is 87.9 Å². The summed E-state index contributed by atoms with van der Waals surface area (Å²) in [5.74, 6) is -0.689. The summed E-state index contributed by atoms with van der Waals surface area (Å²) in [6.07, 6.45) is 0. The van der Waals surface area contributed by atoms with Crippen LogP contribution in [-0.4, -0.2) is 21.4 Å². The third kappa shape index (κ3) is 4.41. The number of amides is 1. The highest BCUT2D eigenvalue weighted by Gasteiger charge is 2.24. The van der Waals surface area contributed by atoms with Crippen molar-refractivity contribution >= 4 is 27.3 Å². The van der Waals surface area contributed by atoms with Crippen LogP contribution in [0.15, 0.2) is 70.9 Å². The van der Waals surface area contributed by atoms with Crippen LogP contribution in [-0.2, 0) is 10.0 Å². The fraction of sp³-hybridized carbons (Fsp3) is 0.105. The highest BCUT2D eigenvalue weighted by atomic mass is 32.2. The number of sulfonamides is 1. The number of carbonyl (C=O) groups is 1. The minimum Gasteiger partial charge on any atom is -0.355 e. The molecular formula is C19H17FN2O3S2. The SMILES string of the molecule is CNC(=O)c1ccc(S(=O)(=O)N[C@H](c2ccc(F)cc2)c2cccs2)cc1. The van der Waals surface area contributed by atoms with Gasteiger partial charge in [-0.1, -0.05) is 18.2 Å². The molecule has 0 unspecified atom stereocenters. The van der Waals surface area contributed by atoms with E-state index in [4.69, 9.17) is 0 Å². The van der Waals surface area contributed by atoms with Crippen LogP contribution in [0.25, 0.3) is 0 Å². The first kappa shape index (κ1) is 19.2. The lowest BCUT2D eigenvalue weighted by molar-refractivity contribution is 0.0963. The lowest BCUT2D eigenvalue weighted by Gasteiger charge is -2.18. The first-order valence-electron chi connectivity index (χ1n) is 8.04. The monoisotopic (exact) mass is 404 g/mol. The Morgan fingerprint density at radius 1 is 1.04 bits per heavy atom. The zero-order valence-electron chi connectivity index (χ0n) is 14.3.